The first-order valence-corrected chi connectivity index (χ1v) is 11.1. The number of hydrogen-bond donors (Lipinski definition) is 2. The van der Waals surface area contributed by atoms with Gasteiger partial charge in [0.05, 0.1) is 27.1 Å². The number of rotatable bonds is 6. The van der Waals surface area contributed by atoms with Crippen molar-refractivity contribution >= 4 is 48.6 Å². The molecule has 1 aromatic heterocycles. The third-order valence-corrected chi connectivity index (χ3v) is 6.13. The summed E-state index contributed by atoms with van der Waals surface area (Å²) in [5, 5.41) is 2.02. The second-order valence-electron chi connectivity index (χ2n) is 5.78. The maximum Gasteiger partial charge on any atom is 0.229 e. The number of hydrogen-bond acceptors (Lipinski definition) is 7. The molecule has 0 radical (unpaired) electrons. The minimum atomic E-state index is -4.17. The van der Waals surface area contributed by atoms with E-state index in [1.165, 1.54) is 24.3 Å². The third-order valence-electron chi connectivity index (χ3n) is 3.73. The number of nitrogens with one attached hydrogen (secondary N) is 2. The molecule has 0 aliphatic rings. The van der Waals surface area contributed by atoms with Gasteiger partial charge in [-0.1, -0.05) is 18.2 Å². The van der Waals surface area contributed by atoms with Gasteiger partial charge in [0, 0.05) is 6.07 Å². The molecule has 0 saturated carbocycles. The van der Waals surface area contributed by atoms with Gasteiger partial charge >= 0.3 is 0 Å². The second kappa shape index (κ2) is 7.09. The highest BCUT2D eigenvalue weighted by Crippen LogP contribution is 2.32. The molecule has 9 nitrogen and oxygen atoms in total. The van der Waals surface area contributed by atoms with Crippen LogP contribution in [0.15, 0.2) is 67.7 Å². The van der Waals surface area contributed by atoms with Gasteiger partial charge in [-0.2, -0.15) is 0 Å². The molecule has 2 aromatic carbocycles. The van der Waals surface area contributed by atoms with Crippen LogP contribution in [0.5, 0.6) is 0 Å². The Kier molecular flexibility index (Phi) is 4.96. The Morgan fingerprint density at radius 1 is 1.00 bits per heavy atom. The lowest BCUT2D eigenvalue weighted by Gasteiger charge is -2.13. The molecule has 0 atom stereocenters. The van der Waals surface area contributed by atoms with Crippen LogP contribution in [-0.2, 0) is 24.7 Å². The molecule has 11 heteroatoms. The quantitative estimate of drug-likeness (QED) is 0.575. The molecule has 3 rings (SSSR count). The average Bonchev–Trinajstić information content (AvgIpc) is 2.63. The Hall–Kier alpha value is -3.18. The monoisotopic (exact) mass is 422 g/mol. The summed E-state index contributed by atoms with van der Waals surface area (Å²) in [6, 6.07) is 9.47. The van der Waals surface area contributed by atoms with E-state index < -0.39 is 30.2 Å². The summed E-state index contributed by atoms with van der Waals surface area (Å²) in [6.45, 7) is 0. The van der Waals surface area contributed by atoms with Gasteiger partial charge < -0.3 is 9.73 Å². The molecular formula is C17H14N2O7S2. The van der Waals surface area contributed by atoms with Crippen LogP contribution in [0.2, 0.25) is 0 Å². The largest absolute Gasteiger partial charge is 0.462 e. The van der Waals surface area contributed by atoms with Crippen molar-refractivity contribution in [1.29, 1.82) is 0 Å². The lowest BCUT2D eigenvalue weighted by molar-refractivity contribution is -0.105. The van der Waals surface area contributed by atoms with E-state index in [0.29, 0.717) is 0 Å². The predicted octanol–water partition coefficient (Wildman–Crippen LogP) is 1.57. The molecule has 2 N–H and O–H groups in total. The lowest BCUT2D eigenvalue weighted by Crippen LogP contribution is -2.15. The maximum absolute atomic E-state index is 13.1. The smallest absolute Gasteiger partial charge is 0.229 e. The Bertz CT molecular complexity index is 1330. The van der Waals surface area contributed by atoms with Crippen LogP contribution in [-0.4, -0.2) is 29.5 Å². The van der Waals surface area contributed by atoms with Gasteiger partial charge in [0.2, 0.25) is 31.7 Å². The zero-order chi connectivity index (χ0) is 20.5. The Balaban J connectivity index is 2.37. The zero-order valence-corrected chi connectivity index (χ0v) is 16.0. The first-order valence-electron chi connectivity index (χ1n) is 7.71. The second-order valence-corrected chi connectivity index (χ2v) is 9.44. The molecule has 0 aliphatic carbocycles. The van der Waals surface area contributed by atoms with Gasteiger partial charge in [0.25, 0.3) is 0 Å². The van der Waals surface area contributed by atoms with Crippen LogP contribution in [0.1, 0.15) is 0 Å². The summed E-state index contributed by atoms with van der Waals surface area (Å²) >= 11 is 0. The summed E-state index contributed by atoms with van der Waals surface area (Å²) < 4.78 is 56.9. The van der Waals surface area contributed by atoms with E-state index in [0.717, 1.165) is 24.7 Å². The van der Waals surface area contributed by atoms with E-state index in [9.17, 15) is 26.4 Å². The fourth-order valence-electron chi connectivity index (χ4n) is 2.55. The normalized spacial score (nSPS) is 11.9. The van der Waals surface area contributed by atoms with Crippen LogP contribution in [0, 0.1) is 0 Å². The topological polar surface area (TPSA) is 140 Å². The van der Waals surface area contributed by atoms with Crippen molar-refractivity contribution in [3.05, 3.63) is 59.0 Å². The van der Waals surface area contributed by atoms with E-state index in [-0.39, 0.29) is 33.6 Å². The molecular weight excluding hydrogens is 408 g/mol. The lowest BCUT2D eigenvalue weighted by atomic mass is 10.2. The van der Waals surface area contributed by atoms with Gasteiger partial charge in [0.1, 0.15) is 17.5 Å². The van der Waals surface area contributed by atoms with E-state index in [4.69, 9.17) is 4.42 Å². The van der Waals surface area contributed by atoms with Gasteiger partial charge in [-0.25, -0.2) is 16.8 Å². The Labute approximate surface area is 160 Å². The molecule has 0 unspecified atom stereocenters. The van der Waals surface area contributed by atoms with E-state index in [1.807, 2.05) is 0 Å². The van der Waals surface area contributed by atoms with E-state index in [2.05, 4.69) is 10.0 Å². The fourth-order valence-corrected chi connectivity index (χ4v) is 4.62. The summed E-state index contributed by atoms with van der Waals surface area (Å²) in [7, 11) is -8.00. The number of sulfonamides is 1. The zero-order valence-electron chi connectivity index (χ0n) is 14.4. The Morgan fingerprint density at radius 2 is 1.68 bits per heavy atom. The van der Waals surface area contributed by atoms with Gasteiger partial charge in [0.15, 0.2) is 0 Å². The number of amides is 1. The molecule has 0 fully saturated rings. The number of benzene rings is 2. The van der Waals surface area contributed by atoms with Gasteiger partial charge in [-0.3, -0.25) is 14.3 Å². The van der Waals surface area contributed by atoms with Crippen LogP contribution in [0.4, 0.5) is 11.4 Å². The molecule has 0 bridgehead atoms. The third kappa shape index (κ3) is 3.75. The predicted molar refractivity (Wildman–Crippen MR) is 103 cm³/mol. The molecule has 0 aliphatic heterocycles. The molecule has 0 saturated heterocycles. The van der Waals surface area contributed by atoms with Gasteiger partial charge in [-0.15, -0.1) is 0 Å². The highest BCUT2D eigenvalue weighted by Gasteiger charge is 2.25. The fraction of sp³-hybridized carbons (Fsp3) is 0.0588. The average molecular weight is 422 g/mol. The van der Waals surface area contributed by atoms with Crippen molar-refractivity contribution in [3.63, 3.8) is 0 Å². The van der Waals surface area contributed by atoms with Crippen LogP contribution < -0.4 is 15.5 Å². The molecule has 1 amide bonds. The molecule has 1 heterocycles. The van der Waals surface area contributed by atoms with E-state index >= 15 is 0 Å². The van der Waals surface area contributed by atoms with Crippen molar-refractivity contribution in [2.75, 3.05) is 16.3 Å². The van der Waals surface area contributed by atoms with Crippen LogP contribution in [0.3, 0.4) is 0 Å². The number of fused-ring (bicyclic) bond motifs is 1. The summed E-state index contributed by atoms with van der Waals surface area (Å²) in [5.74, 6) is 0. The van der Waals surface area contributed by atoms with E-state index in [1.54, 1.807) is 6.07 Å². The molecule has 0 spiro atoms. The molecule has 28 heavy (non-hydrogen) atoms. The number of carbonyl (C=O) groups excluding carboxylic acids is 1. The number of anilines is 2. The van der Waals surface area contributed by atoms with Crippen LogP contribution >= 0.6 is 0 Å². The van der Waals surface area contributed by atoms with Crippen LogP contribution in [0.25, 0.3) is 11.0 Å². The Morgan fingerprint density at radius 3 is 2.29 bits per heavy atom. The SMILES string of the molecule is CS(=O)(=O)Nc1cc2occ(NC=O)c(=O)c2cc1S(=O)(=O)c1ccccc1. The number of carbonyl (C=O) groups is 1. The summed E-state index contributed by atoms with van der Waals surface area (Å²) in [4.78, 5) is 22.6. The van der Waals surface area contributed by atoms with Gasteiger partial charge in [-0.05, 0) is 18.2 Å². The highest BCUT2D eigenvalue weighted by atomic mass is 32.2. The number of sulfone groups is 1. The minimum absolute atomic E-state index is 0.0559. The van der Waals surface area contributed by atoms with Crippen molar-refractivity contribution in [3.8, 4) is 0 Å². The van der Waals surface area contributed by atoms with Crippen molar-refractivity contribution in [1.82, 2.24) is 0 Å². The van der Waals surface area contributed by atoms with Crippen molar-refractivity contribution < 1.29 is 26.0 Å². The molecule has 146 valence electrons. The van der Waals surface area contributed by atoms with Crippen molar-refractivity contribution in [2.45, 2.75) is 9.79 Å². The minimum Gasteiger partial charge on any atom is -0.462 e. The first kappa shape index (κ1) is 19.6. The summed E-state index contributed by atoms with van der Waals surface area (Å²) in [5.41, 5.74) is -1.18. The summed E-state index contributed by atoms with van der Waals surface area (Å²) in [6.07, 6.45) is 2.12. The molecule has 3 aromatic rings. The first-order chi connectivity index (χ1) is 13.1. The highest BCUT2D eigenvalue weighted by molar-refractivity contribution is 7.93. The standard InChI is InChI=1S/C17H14N2O7S2/c1-27(22,23)19-13-8-15-12(17(21)14(9-26-15)18-10-20)7-16(13)28(24,25)11-5-3-2-4-6-11/h2-10,19H,1H3,(H,18,20). The van der Waals surface area contributed by atoms with Crippen molar-refractivity contribution in [2.24, 2.45) is 0 Å². The maximum atomic E-state index is 13.1.